The molecule has 2 aromatic rings. The quantitative estimate of drug-likeness (QED) is 0.786. The van der Waals surface area contributed by atoms with E-state index in [1.165, 1.54) is 18.2 Å². The maximum atomic E-state index is 13.7. The number of hydrogen-bond acceptors (Lipinski definition) is 2. The van der Waals surface area contributed by atoms with Gasteiger partial charge in [-0.3, -0.25) is 4.68 Å². The largest absolute Gasteiger partial charge is 0.435 e. The van der Waals surface area contributed by atoms with Crippen LogP contribution in [0, 0.1) is 17.1 Å². The van der Waals surface area contributed by atoms with E-state index >= 15 is 0 Å². The summed E-state index contributed by atoms with van der Waals surface area (Å²) in [6, 6.07) is 6.63. The Morgan fingerprint density at radius 1 is 1.26 bits per heavy atom. The molecular weight excluding hydrogens is 262 g/mol. The SMILES string of the molecule is N#Cc1cccc(Cn2ccc(C(F)(F)F)n2)c1F. The van der Waals surface area contributed by atoms with Crippen molar-refractivity contribution >= 4 is 0 Å². The third-order valence-electron chi connectivity index (χ3n) is 2.46. The van der Waals surface area contributed by atoms with Crippen LogP contribution in [0.1, 0.15) is 16.8 Å². The lowest BCUT2D eigenvalue weighted by Gasteiger charge is -2.05. The van der Waals surface area contributed by atoms with Crippen LogP contribution < -0.4 is 0 Å². The molecule has 7 heteroatoms. The molecule has 0 saturated carbocycles. The third kappa shape index (κ3) is 2.73. The second kappa shape index (κ2) is 4.72. The summed E-state index contributed by atoms with van der Waals surface area (Å²) in [4.78, 5) is 0. The average molecular weight is 269 g/mol. The lowest BCUT2D eigenvalue weighted by molar-refractivity contribution is -0.141. The topological polar surface area (TPSA) is 41.6 Å². The zero-order valence-electron chi connectivity index (χ0n) is 9.45. The Labute approximate surface area is 105 Å². The molecule has 0 spiro atoms. The molecule has 0 radical (unpaired) electrons. The van der Waals surface area contributed by atoms with E-state index in [1.807, 2.05) is 0 Å². The van der Waals surface area contributed by atoms with Gasteiger partial charge in [-0.1, -0.05) is 12.1 Å². The molecule has 0 fully saturated rings. The maximum absolute atomic E-state index is 13.7. The Morgan fingerprint density at radius 2 is 2.00 bits per heavy atom. The molecule has 2 rings (SSSR count). The molecule has 98 valence electrons. The zero-order chi connectivity index (χ0) is 14.0. The van der Waals surface area contributed by atoms with Crippen LogP contribution in [0.2, 0.25) is 0 Å². The molecule has 0 unspecified atom stereocenters. The summed E-state index contributed by atoms with van der Waals surface area (Å²) in [5, 5.41) is 12.0. The van der Waals surface area contributed by atoms with Crippen LogP contribution >= 0.6 is 0 Å². The van der Waals surface area contributed by atoms with Crippen molar-refractivity contribution in [3.63, 3.8) is 0 Å². The first kappa shape index (κ1) is 13.1. The van der Waals surface area contributed by atoms with Gasteiger partial charge in [-0.05, 0) is 12.1 Å². The van der Waals surface area contributed by atoms with Gasteiger partial charge >= 0.3 is 6.18 Å². The number of halogens is 4. The Kier molecular flexibility index (Phi) is 3.25. The van der Waals surface area contributed by atoms with Gasteiger partial charge in [-0.15, -0.1) is 0 Å². The van der Waals surface area contributed by atoms with Gasteiger partial charge in [0.05, 0.1) is 12.1 Å². The first-order valence-corrected chi connectivity index (χ1v) is 5.20. The molecule has 3 nitrogen and oxygen atoms in total. The molecule has 1 heterocycles. The second-order valence-electron chi connectivity index (χ2n) is 3.79. The summed E-state index contributed by atoms with van der Waals surface area (Å²) in [5.74, 6) is -0.742. The van der Waals surface area contributed by atoms with Crippen molar-refractivity contribution in [2.45, 2.75) is 12.7 Å². The van der Waals surface area contributed by atoms with Crippen LogP contribution in [0.15, 0.2) is 30.5 Å². The van der Waals surface area contributed by atoms with Crippen molar-refractivity contribution in [2.24, 2.45) is 0 Å². The van der Waals surface area contributed by atoms with Crippen molar-refractivity contribution in [2.75, 3.05) is 0 Å². The maximum Gasteiger partial charge on any atom is 0.435 e. The molecule has 0 bridgehead atoms. The van der Waals surface area contributed by atoms with Crippen molar-refractivity contribution in [1.29, 1.82) is 5.26 Å². The molecule has 0 aliphatic heterocycles. The Bertz CT molecular complexity index is 637. The zero-order valence-corrected chi connectivity index (χ0v) is 9.45. The number of nitrogens with zero attached hydrogens (tertiary/aromatic N) is 3. The highest BCUT2D eigenvalue weighted by Gasteiger charge is 2.33. The van der Waals surface area contributed by atoms with Gasteiger partial charge in [-0.2, -0.15) is 23.5 Å². The van der Waals surface area contributed by atoms with Gasteiger partial charge in [-0.25, -0.2) is 4.39 Å². The van der Waals surface area contributed by atoms with E-state index in [2.05, 4.69) is 5.10 Å². The predicted octanol–water partition coefficient (Wildman–Crippen LogP) is 2.96. The van der Waals surface area contributed by atoms with Gasteiger partial charge in [0, 0.05) is 11.8 Å². The Hall–Kier alpha value is -2.36. The van der Waals surface area contributed by atoms with Crippen molar-refractivity contribution in [1.82, 2.24) is 9.78 Å². The van der Waals surface area contributed by atoms with Crippen molar-refractivity contribution < 1.29 is 17.6 Å². The minimum atomic E-state index is -4.53. The fourth-order valence-electron chi connectivity index (χ4n) is 1.56. The van der Waals surface area contributed by atoms with Crippen LogP contribution in [0.5, 0.6) is 0 Å². The summed E-state index contributed by atoms with van der Waals surface area (Å²) < 4.78 is 51.7. The van der Waals surface area contributed by atoms with Gasteiger partial charge < -0.3 is 0 Å². The minimum absolute atomic E-state index is 0.107. The number of benzene rings is 1. The summed E-state index contributed by atoms with van der Waals surface area (Å²) in [7, 11) is 0. The molecule has 0 N–H and O–H groups in total. The first-order chi connectivity index (χ1) is 8.91. The molecule has 0 atom stereocenters. The Balaban J connectivity index is 2.28. The molecule has 19 heavy (non-hydrogen) atoms. The van der Waals surface area contributed by atoms with Gasteiger partial charge in [0.15, 0.2) is 5.69 Å². The van der Waals surface area contributed by atoms with E-state index in [0.717, 1.165) is 16.9 Å². The summed E-state index contributed by atoms with van der Waals surface area (Å²) in [6.45, 7) is -0.169. The number of rotatable bonds is 2. The number of hydrogen-bond donors (Lipinski definition) is 0. The highest BCUT2D eigenvalue weighted by atomic mass is 19.4. The van der Waals surface area contributed by atoms with Crippen LogP contribution in [0.25, 0.3) is 0 Å². The van der Waals surface area contributed by atoms with Gasteiger partial charge in [0.2, 0.25) is 0 Å². The second-order valence-corrected chi connectivity index (χ2v) is 3.79. The highest BCUT2D eigenvalue weighted by molar-refractivity contribution is 5.35. The van der Waals surface area contributed by atoms with E-state index in [-0.39, 0.29) is 17.7 Å². The van der Waals surface area contributed by atoms with E-state index < -0.39 is 17.7 Å². The fraction of sp³-hybridized carbons (Fsp3) is 0.167. The third-order valence-corrected chi connectivity index (χ3v) is 2.46. The molecule has 0 amide bonds. The smallest absolute Gasteiger partial charge is 0.268 e. The van der Waals surface area contributed by atoms with Gasteiger partial charge in [0.1, 0.15) is 11.9 Å². The summed E-state index contributed by atoms with van der Waals surface area (Å²) in [5.41, 5.74) is -1.08. The fourth-order valence-corrected chi connectivity index (χ4v) is 1.56. The molecule has 0 saturated heterocycles. The van der Waals surface area contributed by atoms with E-state index in [0.29, 0.717) is 0 Å². The monoisotopic (exact) mass is 269 g/mol. The predicted molar refractivity (Wildman–Crippen MR) is 57.4 cm³/mol. The lowest BCUT2D eigenvalue weighted by Crippen LogP contribution is -2.09. The van der Waals surface area contributed by atoms with Crippen LogP contribution in [0.3, 0.4) is 0 Å². The molecule has 1 aromatic carbocycles. The summed E-state index contributed by atoms with van der Waals surface area (Å²) in [6.07, 6.45) is -3.42. The van der Waals surface area contributed by atoms with Crippen LogP contribution in [-0.2, 0) is 12.7 Å². The van der Waals surface area contributed by atoms with E-state index in [1.54, 1.807) is 6.07 Å². The molecular formula is C12H7F4N3. The Morgan fingerprint density at radius 3 is 2.58 bits per heavy atom. The number of nitriles is 1. The highest BCUT2D eigenvalue weighted by Crippen LogP contribution is 2.27. The normalized spacial score (nSPS) is 11.3. The lowest BCUT2D eigenvalue weighted by atomic mass is 10.1. The molecule has 1 aromatic heterocycles. The van der Waals surface area contributed by atoms with E-state index in [4.69, 9.17) is 5.26 Å². The van der Waals surface area contributed by atoms with Crippen molar-refractivity contribution in [3.8, 4) is 6.07 Å². The number of alkyl halides is 3. The van der Waals surface area contributed by atoms with Crippen molar-refractivity contribution in [3.05, 3.63) is 53.1 Å². The van der Waals surface area contributed by atoms with Gasteiger partial charge in [0.25, 0.3) is 0 Å². The first-order valence-electron chi connectivity index (χ1n) is 5.20. The van der Waals surface area contributed by atoms with Crippen LogP contribution in [0.4, 0.5) is 17.6 Å². The average Bonchev–Trinajstić information content (AvgIpc) is 2.80. The molecule has 0 aliphatic rings. The molecule has 0 aliphatic carbocycles. The van der Waals surface area contributed by atoms with Crippen LogP contribution in [-0.4, -0.2) is 9.78 Å². The summed E-state index contributed by atoms with van der Waals surface area (Å²) >= 11 is 0. The number of aromatic nitrogens is 2. The van der Waals surface area contributed by atoms with E-state index in [9.17, 15) is 17.6 Å². The standard InChI is InChI=1S/C12H7F4N3/c13-11-8(6-17)2-1-3-9(11)7-19-5-4-10(18-19)12(14,15)16/h1-5H,7H2. The minimum Gasteiger partial charge on any atom is -0.268 e.